The lowest BCUT2D eigenvalue weighted by molar-refractivity contribution is 0.603. The fraction of sp³-hybridized carbons (Fsp3) is 0.263. The van der Waals surface area contributed by atoms with E-state index < -0.39 is 0 Å². The molecule has 0 amide bonds. The lowest BCUT2D eigenvalue weighted by Gasteiger charge is -2.16. The highest BCUT2D eigenvalue weighted by molar-refractivity contribution is 5.82. The average molecular weight is 378 g/mol. The first-order valence-corrected chi connectivity index (χ1v) is 9.21. The summed E-state index contributed by atoms with van der Waals surface area (Å²) in [6.45, 7) is 1.87. The Bertz CT molecular complexity index is 1130. The van der Waals surface area contributed by atoms with Gasteiger partial charge in [0.15, 0.2) is 5.82 Å². The zero-order chi connectivity index (χ0) is 19.1. The Kier molecular flexibility index (Phi) is 3.92. The average Bonchev–Trinajstić information content (AvgIpc) is 3.24. The molecule has 0 spiro atoms. The third kappa shape index (κ3) is 3.15. The quantitative estimate of drug-likeness (QED) is 0.404. The van der Waals surface area contributed by atoms with Crippen molar-refractivity contribution < 1.29 is 4.39 Å². The summed E-state index contributed by atoms with van der Waals surface area (Å²) in [6.07, 6.45) is 5.69. The predicted octanol–water partition coefficient (Wildman–Crippen LogP) is 4.01. The molecule has 0 radical (unpaired) electrons. The molecule has 1 fully saturated rings. The van der Waals surface area contributed by atoms with Crippen LogP contribution in [0, 0.1) is 5.82 Å². The summed E-state index contributed by atoms with van der Waals surface area (Å²) in [7, 11) is 0. The molecule has 1 aliphatic rings. The lowest BCUT2D eigenvalue weighted by Crippen LogP contribution is -2.12. The number of nitrogens with one attached hydrogen (secondary N) is 4. The molecule has 0 aliphatic heterocycles. The molecule has 1 atom stereocenters. The van der Waals surface area contributed by atoms with Gasteiger partial charge < -0.3 is 10.6 Å². The smallest absolute Gasteiger partial charge is 0.225 e. The van der Waals surface area contributed by atoms with Gasteiger partial charge in [-0.25, -0.2) is 9.37 Å². The first-order chi connectivity index (χ1) is 13.7. The van der Waals surface area contributed by atoms with Crippen LogP contribution in [0.5, 0.6) is 0 Å². The van der Waals surface area contributed by atoms with Crippen LogP contribution in [0.2, 0.25) is 0 Å². The minimum absolute atomic E-state index is 0.299. The Morgan fingerprint density at radius 3 is 2.93 bits per heavy atom. The molecular weight excluding hydrogens is 359 g/mol. The van der Waals surface area contributed by atoms with E-state index in [-0.39, 0.29) is 11.9 Å². The van der Waals surface area contributed by atoms with Gasteiger partial charge in [-0.05, 0) is 38.0 Å². The van der Waals surface area contributed by atoms with Crippen molar-refractivity contribution in [1.29, 1.82) is 0 Å². The van der Waals surface area contributed by atoms with Crippen LogP contribution in [-0.4, -0.2) is 30.4 Å². The number of hydrogen-bond donors (Lipinski definition) is 4. The van der Waals surface area contributed by atoms with Crippen LogP contribution in [0.4, 0.5) is 22.0 Å². The SMILES string of the molecule is C[C@H](Nc1nccc(Nc2cc(C3CC3)[nH]n2)n1)c1c(F)ccc2[nH]ncc12. The van der Waals surface area contributed by atoms with Gasteiger partial charge in [0.1, 0.15) is 11.6 Å². The van der Waals surface area contributed by atoms with E-state index in [1.807, 2.05) is 13.0 Å². The molecule has 3 aromatic heterocycles. The van der Waals surface area contributed by atoms with Gasteiger partial charge in [0.2, 0.25) is 5.95 Å². The largest absolute Gasteiger partial charge is 0.348 e. The number of nitrogens with zero attached hydrogens (tertiary/aromatic N) is 4. The van der Waals surface area contributed by atoms with Crippen molar-refractivity contribution in [3.05, 3.63) is 53.7 Å². The minimum Gasteiger partial charge on any atom is -0.348 e. The van der Waals surface area contributed by atoms with E-state index in [4.69, 9.17) is 0 Å². The lowest BCUT2D eigenvalue weighted by atomic mass is 10.0. The van der Waals surface area contributed by atoms with Crippen LogP contribution in [0.25, 0.3) is 10.9 Å². The van der Waals surface area contributed by atoms with E-state index in [1.165, 1.54) is 18.9 Å². The topological polar surface area (TPSA) is 107 Å². The summed E-state index contributed by atoms with van der Waals surface area (Å²) in [6, 6.07) is 6.53. The second-order valence-electron chi connectivity index (χ2n) is 7.03. The Balaban J connectivity index is 1.35. The van der Waals surface area contributed by atoms with Gasteiger partial charge in [-0.15, -0.1) is 0 Å². The van der Waals surface area contributed by atoms with Gasteiger partial charge in [0.05, 0.1) is 17.8 Å². The molecule has 28 heavy (non-hydrogen) atoms. The summed E-state index contributed by atoms with van der Waals surface area (Å²) in [5.41, 5.74) is 2.45. The summed E-state index contributed by atoms with van der Waals surface area (Å²) in [5, 5.41) is 21.3. The second kappa shape index (κ2) is 6.59. The number of aromatic nitrogens is 6. The van der Waals surface area contributed by atoms with E-state index >= 15 is 0 Å². The number of rotatable bonds is 6. The fourth-order valence-corrected chi connectivity index (χ4v) is 3.35. The molecular formula is C19H19FN8. The number of aromatic amines is 2. The molecule has 1 aliphatic carbocycles. The van der Waals surface area contributed by atoms with Crippen molar-refractivity contribution >= 4 is 28.5 Å². The van der Waals surface area contributed by atoms with Crippen molar-refractivity contribution in [1.82, 2.24) is 30.4 Å². The van der Waals surface area contributed by atoms with Gasteiger partial charge in [-0.2, -0.15) is 15.2 Å². The van der Waals surface area contributed by atoms with Crippen molar-refractivity contribution in [2.45, 2.75) is 31.7 Å². The maximum absolute atomic E-state index is 14.4. The van der Waals surface area contributed by atoms with E-state index in [9.17, 15) is 4.39 Å². The van der Waals surface area contributed by atoms with Crippen molar-refractivity contribution in [3.8, 4) is 0 Å². The highest BCUT2D eigenvalue weighted by atomic mass is 19.1. The zero-order valence-electron chi connectivity index (χ0n) is 15.2. The number of benzene rings is 1. The molecule has 0 saturated heterocycles. The number of halogens is 1. The monoisotopic (exact) mass is 378 g/mol. The molecule has 1 aromatic carbocycles. The maximum Gasteiger partial charge on any atom is 0.225 e. The number of anilines is 3. The molecule has 0 bridgehead atoms. The fourth-order valence-electron chi connectivity index (χ4n) is 3.35. The third-order valence-corrected chi connectivity index (χ3v) is 4.92. The van der Waals surface area contributed by atoms with Crippen LogP contribution in [0.3, 0.4) is 0 Å². The molecule has 4 aromatic rings. The summed E-state index contributed by atoms with van der Waals surface area (Å²) >= 11 is 0. The van der Waals surface area contributed by atoms with Crippen molar-refractivity contribution in [2.24, 2.45) is 0 Å². The first-order valence-electron chi connectivity index (χ1n) is 9.21. The number of H-pyrrole nitrogens is 2. The minimum atomic E-state index is -0.344. The normalized spacial score (nSPS) is 14.9. The van der Waals surface area contributed by atoms with Crippen LogP contribution in [0.15, 0.2) is 36.7 Å². The van der Waals surface area contributed by atoms with Crippen LogP contribution in [0.1, 0.15) is 43.0 Å². The van der Waals surface area contributed by atoms with Crippen LogP contribution < -0.4 is 10.6 Å². The van der Waals surface area contributed by atoms with E-state index in [2.05, 4.69) is 41.0 Å². The van der Waals surface area contributed by atoms with Gasteiger partial charge in [-0.1, -0.05) is 0 Å². The highest BCUT2D eigenvalue weighted by Gasteiger charge is 2.25. The molecule has 1 saturated carbocycles. The third-order valence-electron chi connectivity index (χ3n) is 4.92. The van der Waals surface area contributed by atoms with Gasteiger partial charge >= 0.3 is 0 Å². The predicted molar refractivity (Wildman–Crippen MR) is 104 cm³/mol. The summed E-state index contributed by atoms with van der Waals surface area (Å²) in [5.74, 6) is 2.03. The Hall–Kier alpha value is -3.49. The van der Waals surface area contributed by atoms with Gasteiger partial charge in [0.25, 0.3) is 0 Å². The number of fused-ring (bicyclic) bond motifs is 1. The van der Waals surface area contributed by atoms with E-state index in [0.717, 1.165) is 16.6 Å². The van der Waals surface area contributed by atoms with E-state index in [1.54, 1.807) is 24.5 Å². The molecule has 4 N–H and O–H groups in total. The summed E-state index contributed by atoms with van der Waals surface area (Å²) in [4.78, 5) is 8.72. The molecule has 5 rings (SSSR count). The molecule has 8 nitrogen and oxygen atoms in total. The molecule has 142 valence electrons. The van der Waals surface area contributed by atoms with Gasteiger partial charge in [-0.3, -0.25) is 10.2 Å². The van der Waals surface area contributed by atoms with Crippen molar-refractivity contribution in [2.75, 3.05) is 10.6 Å². The van der Waals surface area contributed by atoms with Gasteiger partial charge in [0, 0.05) is 34.8 Å². The highest BCUT2D eigenvalue weighted by Crippen LogP contribution is 2.39. The standard InChI is InChI=1S/C19H19FN8/c1-10(18-12-9-22-26-14(12)5-4-13(18)20)23-19-21-7-6-16(25-19)24-17-8-15(27-28-17)11-2-3-11/h4-11H,2-3H2,1H3,(H,22,26)(H3,21,23,24,25,27,28)/t10-/m0/s1. The molecule has 3 heterocycles. The number of hydrogen-bond acceptors (Lipinski definition) is 6. The van der Waals surface area contributed by atoms with E-state index in [0.29, 0.717) is 29.1 Å². The zero-order valence-corrected chi connectivity index (χ0v) is 15.2. The maximum atomic E-state index is 14.4. The van der Waals surface area contributed by atoms with Crippen molar-refractivity contribution in [3.63, 3.8) is 0 Å². The second-order valence-corrected chi connectivity index (χ2v) is 7.03. The first kappa shape index (κ1) is 16.7. The summed E-state index contributed by atoms with van der Waals surface area (Å²) < 4.78 is 14.4. The van der Waals surface area contributed by atoms with Crippen LogP contribution in [-0.2, 0) is 0 Å². The molecule has 9 heteroatoms. The van der Waals surface area contributed by atoms with Crippen LogP contribution >= 0.6 is 0 Å². The molecule has 0 unspecified atom stereocenters. The Morgan fingerprint density at radius 1 is 1.18 bits per heavy atom. The Labute approximate surface area is 160 Å². The Morgan fingerprint density at radius 2 is 2.07 bits per heavy atom.